The minimum Gasteiger partial charge on any atom is -0.383 e. The van der Waals surface area contributed by atoms with E-state index in [2.05, 4.69) is 5.10 Å². The molecular weight excluding hydrogens is 381 g/mol. The highest BCUT2D eigenvalue weighted by Gasteiger charge is 2.32. The number of benzene rings is 1. The molecule has 0 radical (unpaired) electrons. The maximum absolute atomic E-state index is 13.1. The third-order valence-corrected chi connectivity index (χ3v) is 4.75. The molecule has 0 aliphatic carbocycles. The fourth-order valence-electron chi connectivity index (χ4n) is 1.78. The van der Waals surface area contributed by atoms with Crippen LogP contribution in [0.25, 0.3) is 5.69 Å². The normalized spacial score (nSPS) is 14.7. The topological polar surface area (TPSA) is 60.9 Å². The summed E-state index contributed by atoms with van der Waals surface area (Å²) >= 11 is 11.7. The predicted octanol–water partition coefficient (Wildman–Crippen LogP) is 4.20. The fourth-order valence-corrected chi connectivity index (χ4v) is 3.22. The Labute approximate surface area is 140 Å². The van der Waals surface area contributed by atoms with Gasteiger partial charge in [-0.25, -0.2) is 9.07 Å². The van der Waals surface area contributed by atoms with Crippen LogP contribution in [-0.4, -0.2) is 19.5 Å². The molecule has 4 nitrogen and oxygen atoms in total. The van der Waals surface area contributed by atoms with Crippen LogP contribution in [0, 0.1) is 0 Å². The molecule has 0 fully saturated rings. The van der Waals surface area contributed by atoms with E-state index in [1.807, 2.05) is 0 Å². The van der Waals surface area contributed by atoms with Crippen molar-refractivity contribution in [2.75, 3.05) is 5.73 Å². The van der Waals surface area contributed by atoms with Crippen LogP contribution in [-0.2, 0) is 17.0 Å². The van der Waals surface area contributed by atoms with Crippen molar-refractivity contribution in [3.8, 4) is 5.69 Å². The van der Waals surface area contributed by atoms with Gasteiger partial charge in [-0.3, -0.25) is 4.21 Å². The van der Waals surface area contributed by atoms with Gasteiger partial charge in [0.05, 0.1) is 32.6 Å². The Morgan fingerprint density at radius 2 is 1.83 bits per heavy atom. The van der Waals surface area contributed by atoms with Gasteiger partial charge >= 0.3 is 6.18 Å². The highest BCUT2D eigenvalue weighted by atomic mass is 35.5. The molecule has 126 valence electrons. The molecule has 2 N–H and O–H groups in total. The Kier molecular flexibility index (Phi) is 4.93. The molecule has 0 bridgehead atoms. The Balaban J connectivity index is 2.59. The second-order valence-electron chi connectivity index (χ2n) is 4.43. The summed E-state index contributed by atoms with van der Waals surface area (Å²) in [6.45, 7) is 1.07. The molecule has 2 atom stereocenters. The van der Waals surface area contributed by atoms with Crippen molar-refractivity contribution in [2.24, 2.45) is 0 Å². The van der Waals surface area contributed by atoms with Gasteiger partial charge in [-0.1, -0.05) is 23.2 Å². The summed E-state index contributed by atoms with van der Waals surface area (Å²) in [6.07, 6.45) is -3.58. The minimum atomic E-state index is -4.63. The molecule has 0 amide bonds. The van der Waals surface area contributed by atoms with Crippen molar-refractivity contribution in [3.05, 3.63) is 33.9 Å². The summed E-state index contributed by atoms with van der Waals surface area (Å²) in [7, 11) is -2.07. The summed E-state index contributed by atoms with van der Waals surface area (Å²) in [5.74, 6) is -0.226. The first-order chi connectivity index (χ1) is 10.5. The minimum absolute atomic E-state index is 0.105. The van der Waals surface area contributed by atoms with Crippen LogP contribution < -0.4 is 5.73 Å². The third-order valence-electron chi connectivity index (χ3n) is 2.84. The van der Waals surface area contributed by atoms with Gasteiger partial charge in [-0.15, -0.1) is 0 Å². The van der Waals surface area contributed by atoms with Gasteiger partial charge < -0.3 is 5.73 Å². The summed E-state index contributed by atoms with van der Waals surface area (Å²) in [4.78, 5) is -0.105. The summed E-state index contributed by atoms with van der Waals surface area (Å²) < 4.78 is 64.0. The first-order valence-electron chi connectivity index (χ1n) is 5.98. The molecule has 0 aliphatic rings. The number of nitrogens with two attached hydrogens (primary N) is 1. The van der Waals surface area contributed by atoms with Crippen LogP contribution in [0.3, 0.4) is 0 Å². The first-order valence-corrected chi connectivity index (χ1v) is 7.95. The van der Waals surface area contributed by atoms with Crippen molar-refractivity contribution in [1.82, 2.24) is 9.78 Å². The first kappa shape index (κ1) is 18.0. The number of aromatic nitrogens is 2. The van der Waals surface area contributed by atoms with Crippen molar-refractivity contribution in [2.45, 2.75) is 23.5 Å². The zero-order valence-corrected chi connectivity index (χ0v) is 13.7. The smallest absolute Gasteiger partial charge is 0.383 e. The third kappa shape index (κ3) is 3.46. The molecule has 23 heavy (non-hydrogen) atoms. The molecule has 0 saturated heterocycles. The number of nitrogen functional groups attached to an aromatic ring is 1. The zero-order chi connectivity index (χ0) is 17.5. The monoisotopic (exact) mass is 389 g/mol. The van der Waals surface area contributed by atoms with Gasteiger partial charge in [-0.2, -0.15) is 18.3 Å². The fraction of sp³-hybridized carbons (Fsp3) is 0.250. The number of alkyl halides is 4. The molecule has 0 aliphatic heterocycles. The van der Waals surface area contributed by atoms with E-state index in [0.29, 0.717) is 12.1 Å². The lowest BCUT2D eigenvalue weighted by Crippen LogP contribution is -2.10. The van der Waals surface area contributed by atoms with Gasteiger partial charge in [0.25, 0.3) is 0 Å². The average molecular weight is 390 g/mol. The Hall–Kier alpha value is -1.32. The number of hydrogen-bond acceptors (Lipinski definition) is 3. The summed E-state index contributed by atoms with van der Waals surface area (Å²) in [5, 5.41) is 3.07. The maximum atomic E-state index is 13.1. The summed E-state index contributed by atoms with van der Waals surface area (Å²) in [6, 6.07) is 1.33. The van der Waals surface area contributed by atoms with E-state index >= 15 is 0 Å². The molecule has 2 aromatic rings. The molecule has 0 saturated carbocycles. The number of halogens is 6. The Bertz CT molecular complexity index is 753. The van der Waals surface area contributed by atoms with Crippen LogP contribution in [0.1, 0.15) is 12.5 Å². The van der Waals surface area contributed by atoms with Crippen LogP contribution in [0.5, 0.6) is 0 Å². The van der Waals surface area contributed by atoms with Gasteiger partial charge in [0.1, 0.15) is 16.4 Å². The highest BCUT2D eigenvalue weighted by Crippen LogP contribution is 2.38. The quantitative estimate of drug-likeness (QED) is 0.800. The standard InChI is InChI=1S/C12H9Cl2F4N3OS/c1-5(15)23(22)9-4-20-21(11(9)19)10-7(13)2-6(3-8(10)14)12(16,17)18/h2-5H,19H2,1H3. The van der Waals surface area contributed by atoms with Crippen molar-refractivity contribution < 1.29 is 21.8 Å². The molecule has 1 heterocycles. The maximum Gasteiger partial charge on any atom is 0.416 e. The van der Waals surface area contributed by atoms with Crippen molar-refractivity contribution >= 4 is 39.8 Å². The summed E-state index contributed by atoms with van der Waals surface area (Å²) in [5.41, 5.74) is 2.88. The van der Waals surface area contributed by atoms with E-state index in [9.17, 15) is 21.8 Å². The Morgan fingerprint density at radius 1 is 1.30 bits per heavy atom. The van der Waals surface area contributed by atoms with Gasteiger partial charge in [0.15, 0.2) is 5.50 Å². The van der Waals surface area contributed by atoms with Crippen LogP contribution in [0.4, 0.5) is 23.4 Å². The average Bonchev–Trinajstić information content (AvgIpc) is 2.78. The molecule has 11 heteroatoms. The lowest BCUT2D eigenvalue weighted by molar-refractivity contribution is -0.137. The second-order valence-corrected chi connectivity index (χ2v) is 6.93. The molecular formula is C12H9Cl2F4N3OS. The van der Waals surface area contributed by atoms with Crippen LogP contribution in [0.15, 0.2) is 23.2 Å². The Morgan fingerprint density at radius 3 is 2.26 bits per heavy atom. The number of hydrogen-bond donors (Lipinski definition) is 1. The lowest BCUT2D eigenvalue weighted by Gasteiger charge is -2.13. The molecule has 2 rings (SSSR count). The van der Waals surface area contributed by atoms with E-state index in [0.717, 1.165) is 17.8 Å². The largest absolute Gasteiger partial charge is 0.416 e. The van der Waals surface area contributed by atoms with Crippen LogP contribution >= 0.6 is 23.2 Å². The van der Waals surface area contributed by atoms with Gasteiger partial charge in [-0.05, 0) is 19.1 Å². The molecule has 2 unspecified atom stereocenters. The van der Waals surface area contributed by atoms with E-state index in [1.54, 1.807) is 0 Å². The zero-order valence-electron chi connectivity index (χ0n) is 11.4. The molecule has 1 aromatic carbocycles. The van der Waals surface area contributed by atoms with Crippen molar-refractivity contribution in [1.29, 1.82) is 0 Å². The van der Waals surface area contributed by atoms with E-state index in [1.165, 1.54) is 0 Å². The van der Waals surface area contributed by atoms with Gasteiger partial charge in [0, 0.05) is 0 Å². The number of anilines is 1. The van der Waals surface area contributed by atoms with Gasteiger partial charge in [0.2, 0.25) is 0 Å². The van der Waals surface area contributed by atoms with E-state index < -0.39 is 28.0 Å². The number of nitrogens with zero attached hydrogens (tertiary/aromatic N) is 2. The lowest BCUT2D eigenvalue weighted by atomic mass is 10.2. The number of rotatable bonds is 3. The molecule has 1 aromatic heterocycles. The van der Waals surface area contributed by atoms with Crippen LogP contribution in [0.2, 0.25) is 10.0 Å². The molecule has 0 spiro atoms. The van der Waals surface area contributed by atoms with Crippen molar-refractivity contribution in [3.63, 3.8) is 0 Å². The SMILES string of the molecule is CC(F)S(=O)c1cnn(-c2c(Cl)cc(C(F)(F)F)cc2Cl)c1N. The predicted molar refractivity (Wildman–Crippen MR) is 80.0 cm³/mol. The second kappa shape index (κ2) is 6.29. The highest BCUT2D eigenvalue weighted by molar-refractivity contribution is 7.85. The van der Waals surface area contributed by atoms with E-state index in [4.69, 9.17) is 28.9 Å². The van der Waals surface area contributed by atoms with E-state index in [-0.39, 0.29) is 26.4 Å².